The highest BCUT2D eigenvalue weighted by atomic mass is 28.4. The van der Waals surface area contributed by atoms with Crippen molar-refractivity contribution in [1.82, 2.24) is 0 Å². The van der Waals surface area contributed by atoms with E-state index in [0.29, 0.717) is 0 Å². The minimum Gasteiger partial charge on any atom is -0.416 e. The maximum atomic E-state index is 6.20. The monoisotopic (exact) mass is 400 g/mol. The van der Waals surface area contributed by atoms with E-state index in [9.17, 15) is 0 Å². The first kappa shape index (κ1) is 20.2. The van der Waals surface area contributed by atoms with Crippen molar-refractivity contribution in [2.24, 2.45) is 0 Å². The van der Waals surface area contributed by atoms with Gasteiger partial charge in [-0.15, -0.1) is 0 Å². The number of benzene rings is 3. The van der Waals surface area contributed by atoms with E-state index in [4.69, 9.17) is 17.7 Å². The summed E-state index contributed by atoms with van der Waals surface area (Å²) in [4.78, 5) is 0. The van der Waals surface area contributed by atoms with Gasteiger partial charge in [0.05, 0.1) is 0 Å². The lowest BCUT2D eigenvalue weighted by Gasteiger charge is -2.31. The highest BCUT2D eigenvalue weighted by Crippen LogP contribution is 2.29. The average molecular weight is 401 g/mol. The zero-order chi connectivity index (χ0) is 19.5. The number of hydrogen-bond donors (Lipinski definition) is 0. The molecular weight excluding hydrogens is 372 g/mol. The van der Waals surface area contributed by atoms with Crippen LogP contribution in [0.15, 0.2) is 54.6 Å². The van der Waals surface area contributed by atoms with Crippen molar-refractivity contribution in [3.05, 3.63) is 54.6 Å². The summed E-state index contributed by atoms with van der Waals surface area (Å²) in [5.74, 6) is 0. The van der Waals surface area contributed by atoms with E-state index in [1.54, 1.807) is 21.3 Å². The maximum Gasteiger partial charge on any atom is 0.499 e. The number of fused-ring (bicyclic) bond motifs is 3. The Kier molecular flexibility index (Phi) is 6.15. The fraction of sp³-hybridized carbons (Fsp3) is 0.333. The molecule has 0 spiro atoms. The molecule has 3 rings (SSSR count). The second-order valence-electron chi connectivity index (χ2n) is 6.92. The van der Waals surface area contributed by atoms with Crippen molar-refractivity contribution in [2.75, 3.05) is 28.4 Å². The predicted molar refractivity (Wildman–Crippen MR) is 116 cm³/mol. The molecule has 0 aliphatic carbocycles. The fourth-order valence-corrected chi connectivity index (χ4v) is 9.97. The summed E-state index contributed by atoms with van der Waals surface area (Å²) in [7, 11) is 1.93. The van der Waals surface area contributed by atoms with Gasteiger partial charge < -0.3 is 17.7 Å². The van der Waals surface area contributed by atoms with Crippen LogP contribution in [0.1, 0.15) is 0 Å². The zero-order valence-electron chi connectivity index (χ0n) is 16.7. The molecular formula is C21H28O4Si2. The molecule has 0 fully saturated rings. The summed E-state index contributed by atoms with van der Waals surface area (Å²) in [6.45, 7) is 2.27. The first-order chi connectivity index (χ1) is 13.0. The maximum absolute atomic E-state index is 6.20. The summed E-state index contributed by atoms with van der Waals surface area (Å²) < 4.78 is 23.1. The van der Waals surface area contributed by atoms with Crippen molar-refractivity contribution >= 4 is 43.9 Å². The van der Waals surface area contributed by atoms with Crippen LogP contribution >= 0.6 is 0 Å². The first-order valence-corrected chi connectivity index (χ1v) is 13.7. The standard InChI is InChI=1S/C21H28O4Si2/c1-22-26(5,14-15-27(23-2,24-3)25-4)21-16-17-10-6-7-11-18(17)19-12-8-9-13-20(19)21/h6-13,16H,14-15H2,1-5H3. The van der Waals surface area contributed by atoms with Crippen molar-refractivity contribution in [1.29, 1.82) is 0 Å². The van der Waals surface area contributed by atoms with E-state index in [2.05, 4.69) is 61.1 Å². The number of rotatable bonds is 8. The molecule has 0 aromatic heterocycles. The van der Waals surface area contributed by atoms with Crippen LogP contribution in [0.3, 0.4) is 0 Å². The molecule has 6 heteroatoms. The van der Waals surface area contributed by atoms with E-state index >= 15 is 0 Å². The molecule has 0 heterocycles. The summed E-state index contributed by atoms with van der Waals surface area (Å²) >= 11 is 0. The molecule has 0 aliphatic heterocycles. The summed E-state index contributed by atoms with van der Waals surface area (Å²) in [5.41, 5.74) is 0. The van der Waals surface area contributed by atoms with Gasteiger partial charge in [-0.25, -0.2) is 0 Å². The quantitative estimate of drug-likeness (QED) is 0.417. The van der Waals surface area contributed by atoms with E-state index in [1.807, 2.05) is 7.11 Å². The molecule has 27 heavy (non-hydrogen) atoms. The van der Waals surface area contributed by atoms with Crippen molar-refractivity contribution < 1.29 is 17.7 Å². The third kappa shape index (κ3) is 3.73. The lowest BCUT2D eigenvalue weighted by Crippen LogP contribution is -2.51. The zero-order valence-corrected chi connectivity index (χ0v) is 18.7. The molecule has 144 valence electrons. The van der Waals surface area contributed by atoms with E-state index < -0.39 is 17.1 Å². The highest BCUT2D eigenvalue weighted by Gasteiger charge is 2.42. The molecule has 4 nitrogen and oxygen atoms in total. The van der Waals surface area contributed by atoms with Gasteiger partial charge >= 0.3 is 8.80 Å². The fourth-order valence-electron chi connectivity index (χ4n) is 3.79. The van der Waals surface area contributed by atoms with Gasteiger partial charge in [-0.3, -0.25) is 0 Å². The van der Waals surface area contributed by atoms with Crippen LogP contribution in [-0.2, 0) is 17.7 Å². The number of hydrogen-bond acceptors (Lipinski definition) is 4. The largest absolute Gasteiger partial charge is 0.499 e. The Labute approximate surface area is 163 Å². The summed E-state index contributed by atoms with van der Waals surface area (Å²) in [6.07, 6.45) is 0. The molecule has 0 amide bonds. The Bertz CT molecular complexity index is 918. The summed E-state index contributed by atoms with van der Waals surface area (Å²) in [6, 6.07) is 21.1. The van der Waals surface area contributed by atoms with E-state index in [0.717, 1.165) is 12.1 Å². The van der Waals surface area contributed by atoms with Crippen molar-refractivity contribution in [2.45, 2.75) is 18.6 Å². The van der Waals surface area contributed by atoms with Crippen LogP contribution in [0.2, 0.25) is 18.6 Å². The average Bonchev–Trinajstić information content (AvgIpc) is 2.74. The molecule has 0 saturated heterocycles. The van der Waals surface area contributed by atoms with Crippen LogP contribution in [0.25, 0.3) is 21.5 Å². The Morgan fingerprint density at radius 3 is 1.81 bits per heavy atom. The molecule has 3 aromatic carbocycles. The normalized spacial score (nSPS) is 14.6. The third-order valence-corrected chi connectivity index (χ3v) is 12.5. The van der Waals surface area contributed by atoms with Crippen molar-refractivity contribution in [3.8, 4) is 0 Å². The Morgan fingerprint density at radius 1 is 0.667 bits per heavy atom. The third-order valence-electron chi connectivity index (χ3n) is 5.63. The van der Waals surface area contributed by atoms with Crippen LogP contribution < -0.4 is 5.19 Å². The minimum absolute atomic E-state index is 0.730. The molecule has 1 atom stereocenters. The van der Waals surface area contributed by atoms with Gasteiger partial charge in [0.15, 0.2) is 0 Å². The second-order valence-corrected chi connectivity index (χ2v) is 13.9. The molecule has 0 bridgehead atoms. The van der Waals surface area contributed by atoms with E-state index in [-0.39, 0.29) is 0 Å². The lowest BCUT2D eigenvalue weighted by molar-refractivity contribution is 0.124. The SMILES string of the molecule is CO[Si](CC[Si](C)(OC)c1cc2ccccc2c2ccccc12)(OC)OC. The van der Waals surface area contributed by atoms with Gasteiger partial charge in [0.1, 0.15) is 0 Å². The Balaban J connectivity index is 2.12. The van der Waals surface area contributed by atoms with Crippen LogP contribution in [-0.4, -0.2) is 45.6 Å². The lowest BCUT2D eigenvalue weighted by atomic mass is 10.0. The highest BCUT2D eigenvalue weighted by molar-refractivity contribution is 6.88. The molecule has 0 aliphatic rings. The second kappa shape index (κ2) is 8.22. The van der Waals surface area contributed by atoms with Crippen LogP contribution in [0.5, 0.6) is 0 Å². The van der Waals surface area contributed by atoms with Gasteiger partial charge in [0.25, 0.3) is 0 Å². The summed E-state index contributed by atoms with van der Waals surface area (Å²) in [5, 5.41) is 6.38. The Morgan fingerprint density at radius 2 is 1.22 bits per heavy atom. The van der Waals surface area contributed by atoms with Crippen LogP contribution in [0, 0.1) is 0 Å². The first-order valence-electron chi connectivity index (χ1n) is 9.14. The van der Waals surface area contributed by atoms with Gasteiger partial charge in [0.2, 0.25) is 8.32 Å². The molecule has 3 aromatic rings. The predicted octanol–water partition coefficient (Wildman–Crippen LogP) is 4.30. The van der Waals surface area contributed by atoms with Crippen LogP contribution in [0.4, 0.5) is 0 Å². The Hall–Kier alpha value is -1.55. The molecule has 0 N–H and O–H groups in total. The van der Waals surface area contributed by atoms with Gasteiger partial charge in [0, 0.05) is 34.5 Å². The molecule has 0 saturated carbocycles. The van der Waals surface area contributed by atoms with E-state index in [1.165, 1.54) is 26.7 Å². The topological polar surface area (TPSA) is 36.9 Å². The van der Waals surface area contributed by atoms with Gasteiger partial charge in [-0.2, -0.15) is 0 Å². The smallest absolute Gasteiger partial charge is 0.416 e. The molecule has 1 unspecified atom stereocenters. The van der Waals surface area contributed by atoms with Gasteiger partial charge in [-0.1, -0.05) is 54.6 Å². The molecule has 0 radical (unpaired) electrons. The minimum atomic E-state index is -2.64. The van der Waals surface area contributed by atoms with Gasteiger partial charge in [-0.05, 0) is 39.3 Å². The van der Waals surface area contributed by atoms with Crippen molar-refractivity contribution in [3.63, 3.8) is 0 Å².